The maximum absolute atomic E-state index is 5.97. The van der Waals surface area contributed by atoms with E-state index in [1.54, 1.807) is 0 Å². The van der Waals surface area contributed by atoms with E-state index >= 15 is 0 Å². The standard InChI is InChI=1S/C19H20ClN3O/c1-2-24-13-5-12-21-19-16-6-3-4-7-17(16)22-18(23-19)14-8-10-15(20)11-9-14/h3-4,6-11H,2,5,12-13H2,1H3,(H,21,22,23). The fourth-order valence-corrected chi connectivity index (χ4v) is 2.59. The average molecular weight is 342 g/mol. The molecule has 1 aromatic heterocycles. The normalized spacial score (nSPS) is 10.9. The fraction of sp³-hybridized carbons (Fsp3) is 0.263. The summed E-state index contributed by atoms with van der Waals surface area (Å²) in [7, 11) is 0. The van der Waals surface area contributed by atoms with Crippen molar-refractivity contribution in [2.24, 2.45) is 0 Å². The Morgan fingerprint density at radius 3 is 2.62 bits per heavy atom. The summed E-state index contributed by atoms with van der Waals surface area (Å²) in [5.74, 6) is 1.54. The second kappa shape index (κ2) is 8.08. The first kappa shape index (κ1) is 16.7. The molecule has 2 aromatic carbocycles. The molecule has 0 spiro atoms. The lowest BCUT2D eigenvalue weighted by molar-refractivity contribution is 0.147. The Balaban J connectivity index is 1.89. The summed E-state index contributed by atoms with van der Waals surface area (Å²) in [6.45, 7) is 4.30. The van der Waals surface area contributed by atoms with E-state index in [1.165, 1.54) is 0 Å². The molecule has 24 heavy (non-hydrogen) atoms. The van der Waals surface area contributed by atoms with E-state index < -0.39 is 0 Å². The van der Waals surface area contributed by atoms with E-state index in [0.717, 1.165) is 48.5 Å². The lowest BCUT2D eigenvalue weighted by Gasteiger charge is -2.11. The number of para-hydroxylation sites is 1. The highest BCUT2D eigenvalue weighted by molar-refractivity contribution is 6.30. The van der Waals surface area contributed by atoms with Crippen molar-refractivity contribution in [1.82, 2.24) is 9.97 Å². The molecule has 0 atom stereocenters. The van der Waals surface area contributed by atoms with Gasteiger partial charge in [0.2, 0.25) is 0 Å². The van der Waals surface area contributed by atoms with Gasteiger partial charge < -0.3 is 10.1 Å². The molecule has 3 aromatic rings. The second-order valence-electron chi connectivity index (χ2n) is 5.40. The van der Waals surface area contributed by atoms with Gasteiger partial charge in [0.15, 0.2) is 5.82 Å². The van der Waals surface area contributed by atoms with Crippen molar-refractivity contribution >= 4 is 28.3 Å². The van der Waals surface area contributed by atoms with E-state index in [4.69, 9.17) is 21.3 Å². The minimum atomic E-state index is 0.692. The third-order valence-corrected chi connectivity index (χ3v) is 3.92. The number of hydrogen-bond acceptors (Lipinski definition) is 4. The Morgan fingerprint density at radius 1 is 1.04 bits per heavy atom. The third kappa shape index (κ3) is 4.02. The van der Waals surface area contributed by atoms with Gasteiger partial charge in [-0.05, 0) is 49.7 Å². The zero-order chi connectivity index (χ0) is 16.8. The van der Waals surface area contributed by atoms with Crippen LogP contribution in [0.25, 0.3) is 22.3 Å². The molecular weight excluding hydrogens is 322 g/mol. The van der Waals surface area contributed by atoms with E-state index in [1.807, 2.05) is 55.5 Å². The van der Waals surface area contributed by atoms with Crippen LogP contribution in [0, 0.1) is 0 Å². The number of anilines is 1. The first-order valence-electron chi connectivity index (χ1n) is 8.12. The second-order valence-corrected chi connectivity index (χ2v) is 5.83. The van der Waals surface area contributed by atoms with Crippen molar-refractivity contribution in [3.05, 3.63) is 53.6 Å². The van der Waals surface area contributed by atoms with Crippen molar-refractivity contribution in [1.29, 1.82) is 0 Å². The van der Waals surface area contributed by atoms with Gasteiger partial charge in [0.25, 0.3) is 0 Å². The van der Waals surface area contributed by atoms with Crippen molar-refractivity contribution in [2.75, 3.05) is 25.1 Å². The number of nitrogens with zero attached hydrogens (tertiary/aromatic N) is 2. The molecule has 124 valence electrons. The lowest BCUT2D eigenvalue weighted by Crippen LogP contribution is -2.08. The molecule has 4 nitrogen and oxygen atoms in total. The Kier molecular flexibility index (Phi) is 5.62. The number of nitrogens with one attached hydrogen (secondary N) is 1. The van der Waals surface area contributed by atoms with Gasteiger partial charge in [-0.25, -0.2) is 9.97 Å². The smallest absolute Gasteiger partial charge is 0.162 e. The van der Waals surface area contributed by atoms with Crippen LogP contribution in [0.3, 0.4) is 0 Å². The maximum atomic E-state index is 5.97. The summed E-state index contributed by atoms with van der Waals surface area (Å²) in [5, 5.41) is 5.13. The Bertz CT molecular complexity index is 805. The maximum Gasteiger partial charge on any atom is 0.162 e. The van der Waals surface area contributed by atoms with Gasteiger partial charge in [-0.1, -0.05) is 23.7 Å². The van der Waals surface area contributed by atoms with Crippen LogP contribution >= 0.6 is 11.6 Å². The third-order valence-electron chi connectivity index (χ3n) is 3.67. The molecule has 1 heterocycles. The Morgan fingerprint density at radius 2 is 1.83 bits per heavy atom. The molecule has 3 rings (SSSR count). The monoisotopic (exact) mass is 341 g/mol. The Hall–Kier alpha value is -2.17. The van der Waals surface area contributed by atoms with Gasteiger partial charge in [0.05, 0.1) is 5.52 Å². The molecule has 0 bridgehead atoms. The van der Waals surface area contributed by atoms with Gasteiger partial charge in [-0.15, -0.1) is 0 Å². The molecule has 1 N–H and O–H groups in total. The van der Waals surface area contributed by atoms with Crippen molar-refractivity contribution in [2.45, 2.75) is 13.3 Å². The summed E-state index contributed by atoms with van der Waals surface area (Å²) in [6, 6.07) is 15.6. The van der Waals surface area contributed by atoms with Crippen molar-refractivity contribution < 1.29 is 4.74 Å². The molecule has 0 fully saturated rings. The molecule has 5 heteroatoms. The highest BCUT2D eigenvalue weighted by atomic mass is 35.5. The largest absolute Gasteiger partial charge is 0.382 e. The van der Waals surface area contributed by atoms with E-state index in [-0.39, 0.29) is 0 Å². The summed E-state index contributed by atoms with van der Waals surface area (Å²) >= 11 is 5.97. The Labute approximate surface area is 146 Å². The summed E-state index contributed by atoms with van der Waals surface area (Å²) < 4.78 is 5.38. The first-order valence-corrected chi connectivity index (χ1v) is 8.50. The summed E-state index contributed by atoms with van der Waals surface area (Å²) in [4.78, 5) is 9.39. The van der Waals surface area contributed by atoms with Gasteiger partial charge in [-0.2, -0.15) is 0 Å². The van der Waals surface area contributed by atoms with Crippen LogP contribution in [0.1, 0.15) is 13.3 Å². The van der Waals surface area contributed by atoms with Crippen LogP contribution < -0.4 is 5.32 Å². The quantitative estimate of drug-likeness (QED) is 0.628. The minimum absolute atomic E-state index is 0.692. The molecule has 0 aliphatic rings. The SMILES string of the molecule is CCOCCCNc1nc(-c2ccc(Cl)cc2)nc2ccccc12. The highest BCUT2D eigenvalue weighted by Gasteiger charge is 2.09. The topological polar surface area (TPSA) is 47.0 Å². The van der Waals surface area contributed by atoms with Crippen molar-refractivity contribution in [3.8, 4) is 11.4 Å². The average Bonchev–Trinajstić information content (AvgIpc) is 2.62. The van der Waals surface area contributed by atoms with Gasteiger partial charge in [-0.3, -0.25) is 0 Å². The van der Waals surface area contributed by atoms with Crippen molar-refractivity contribution in [3.63, 3.8) is 0 Å². The molecule has 0 radical (unpaired) electrons. The molecule has 0 aliphatic carbocycles. The van der Waals surface area contributed by atoms with Crippen LogP contribution in [0.15, 0.2) is 48.5 Å². The van der Waals surface area contributed by atoms with Crippen LogP contribution in [-0.2, 0) is 4.74 Å². The number of fused-ring (bicyclic) bond motifs is 1. The summed E-state index contributed by atoms with van der Waals surface area (Å²) in [6.07, 6.45) is 0.933. The van der Waals surface area contributed by atoms with Gasteiger partial charge >= 0.3 is 0 Å². The molecular formula is C19H20ClN3O. The number of aromatic nitrogens is 2. The van der Waals surface area contributed by atoms with E-state index in [0.29, 0.717) is 10.8 Å². The fourth-order valence-electron chi connectivity index (χ4n) is 2.46. The van der Waals surface area contributed by atoms with Crippen LogP contribution in [0.2, 0.25) is 5.02 Å². The van der Waals surface area contributed by atoms with Crippen LogP contribution in [0.4, 0.5) is 5.82 Å². The number of hydrogen-bond donors (Lipinski definition) is 1. The minimum Gasteiger partial charge on any atom is -0.382 e. The molecule has 0 unspecified atom stereocenters. The number of halogens is 1. The number of ether oxygens (including phenoxy) is 1. The van der Waals surface area contributed by atoms with E-state index in [9.17, 15) is 0 Å². The predicted octanol–water partition coefficient (Wildman–Crippen LogP) is 4.79. The number of benzene rings is 2. The molecule has 0 aliphatic heterocycles. The molecule has 0 saturated carbocycles. The predicted molar refractivity (Wildman–Crippen MR) is 99.6 cm³/mol. The van der Waals surface area contributed by atoms with Crippen LogP contribution in [0.5, 0.6) is 0 Å². The summed E-state index contributed by atoms with van der Waals surface area (Å²) in [5.41, 5.74) is 1.87. The molecule has 0 saturated heterocycles. The van der Waals surface area contributed by atoms with Gasteiger partial charge in [0, 0.05) is 35.7 Å². The van der Waals surface area contributed by atoms with Crippen LogP contribution in [-0.4, -0.2) is 29.7 Å². The highest BCUT2D eigenvalue weighted by Crippen LogP contribution is 2.25. The zero-order valence-electron chi connectivity index (χ0n) is 13.6. The lowest BCUT2D eigenvalue weighted by atomic mass is 10.2. The number of rotatable bonds is 7. The van der Waals surface area contributed by atoms with E-state index in [2.05, 4.69) is 10.3 Å². The zero-order valence-corrected chi connectivity index (χ0v) is 14.4. The van der Waals surface area contributed by atoms with Gasteiger partial charge in [0.1, 0.15) is 5.82 Å². The molecule has 0 amide bonds. The first-order chi connectivity index (χ1) is 11.8.